The molecule has 1 N–H and O–H groups in total. The van der Waals surface area contributed by atoms with Gasteiger partial charge in [-0.15, -0.1) is 0 Å². The first kappa shape index (κ1) is 14.1. The molecular weight excluding hydrogens is 232 g/mol. The Labute approximate surface area is 106 Å². The lowest BCUT2D eigenvalue weighted by atomic mass is 10.3. The van der Waals surface area contributed by atoms with E-state index in [4.69, 9.17) is 4.74 Å². The molecule has 0 aromatic carbocycles. The zero-order valence-corrected chi connectivity index (χ0v) is 10.3. The van der Waals surface area contributed by atoms with Crippen molar-refractivity contribution in [2.24, 2.45) is 0 Å². The molecular formula is C13H16N2O3. The average Bonchev–Trinajstić information content (AvgIpc) is 2.39. The van der Waals surface area contributed by atoms with Gasteiger partial charge in [0.15, 0.2) is 6.29 Å². The number of amides is 1. The summed E-state index contributed by atoms with van der Waals surface area (Å²) in [7, 11) is 0. The molecule has 1 aromatic heterocycles. The molecule has 1 aromatic rings. The van der Waals surface area contributed by atoms with Gasteiger partial charge in [-0.1, -0.05) is 6.07 Å². The maximum absolute atomic E-state index is 11.5. The van der Waals surface area contributed by atoms with Crippen LogP contribution in [0.5, 0.6) is 0 Å². The van der Waals surface area contributed by atoms with Crippen molar-refractivity contribution in [3.8, 4) is 0 Å². The van der Waals surface area contributed by atoms with Crippen LogP contribution in [0, 0.1) is 0 Å². The number of aromatic nitrogens is 1. The van der Waals surface area contributed by atoms with E-state index in [-0.39, 0.29) is 18.0 Å². The Morgan fingerprint density at radius 3 is 2.94 bits per heavy atom. The van der Waals surface area contributed by atoms with Gasteiger partial charge in [-0.05, 0) is 25.1 Å². The van der Waals surface area contributed by atoms with E-state index in [0.717, 1.165) is 0 Å². The molecule has 0 atom stereocenters. The van der Waals surface area contributed by atoms with Crippen LogP contribution in [0.2, 0.25) is 0 Å². The predicted molar refractivity (Wildman–Crippen MR) is 67.5 cm³/mol. The molecule has 5 nitrogen and oxygen atoms in total. The molecule has 0 aliphatic carbocycles. The van der Waals surface area contributed by atoms with Gasteiger partial charge < -0.3 is 10.1 Å². The second kappa shape index (κ2) is 8.14. The lowest BCUT2D eigenvalue weighted by molar-refractivity contribution is -0.122. The van der Waals surface area contributed by atoms with Crippen LogP contribution in [-0.4, -0.2) is 30.4 Å². The van der Waals surface area contributed by atoms with E-state index in [1.165, 1.54) is 6.08 Å². The lowest BCUT2D eigenvalue weighted by Gasteiger charge is -2.04. The number of carbonyl (C=O) groups excluding carboxylic acids is 2. The molecule has 0 bridgehead atoms. The van der Waals surface area contributed by atoms with Crippen molar-refractivity contribution < 1.29 is 14.3 Å². The Bertz CT molecular complexity index is 416. The number of aldehydes is 1. The van der Waals surface area contributed by atoms with Gasteiger partial charge in [-0.25, -0.2) is 0 Å². The fourth-order valence-electron chi connectivity index (χ4n) is 1.25. The standard InChI is InChI=1S/C13H16N2O3/c1-2-18-8-6-13(17)15-12(10-16)9-11-5-3-4-7-14-11/h3-5,7,9-10H,2,6,8H2,1H3,(H,15,17)/b12-9-. The molecule has 1 heterocycles. The SMILES string of the molecule is CCOCCC(=O)N/C(C=O)=C\c1ccccn1. The number of rotatable bonds is 7. The molecule has 0 fully saturated rings. The number of ether oxygens (including phenoxy) is 1. The number of pyridine rings is 1. The molecule has 5 heteroatoms. The highest BCUT2D eigenvalue weighted by Gasteiger charge is 2.04. The Balaban J connectivity index is 2.54. The first-order valence-corrected chi connectivity index (χ1v) is 5.71. The third-order valence-corrected chi connectivity index (χ3v) is 2.08. The van der Waals surface area contributed by atoms with Crippen LogP contribution in [0.3, 0.4) is 0 Å². The first-order chi connectivity index (χ1) is 8.76. The summed E-state index contributed by atoms with van der Waals surface area (Å²) < 4.78 is 5.06. The van der Waals surface area contributed by atoms with Gasteiger partial charge in [-0.3, -0.25) is 14.6 Å². The van der Waals surface area contributed by atoms with Crippen LogP contribution in [0.4, 0.5) is 0 Å². The lowest BCUT2D eigenvalue weighted by Crippen LogP contribution is -2.24. The molecule has 0 radical (unpaired) electrons. The molecule has 0 spiro atoms. The minimum atomic E-state index is -0.252. The summed E-state index contributed by atoms with van der Waals surface area (Å²) in [6, 6.07) is 5.33. The topological polar surface area (TPSA) is 68.3 Å². The quantitative estimate of drug-likeness (QED) is 0.446. The van der Waals surface area contributed by atoms with Crippen LogP contribution < -0.4 is 5.32 Å². The van der Waals surface area contributed by atoms with Gasteiger partial charge >= 0.3 is 0 Å². The van der Waals surface area contributed by atoms with E-state index in [9.17, 15) is 9.59 Å². The number of nitrogens with zero attached hydrogens (tertiary/aromatic N) is 1. The van der Waals surface area contributed by atoms with Gasteiger partial charge in [0.05, 0.1) is 24.4 Å². The number of nitrogens with one attached hydrogen (secondary N) is 1. The van der Waals surface area contributed by atoms with Crippen LogP contribution >= 0.6 is 0 Å². The van der Waals surface area contributed by atoms with Crippen molar-refractivity contribution in [3.05, 3.63) is 35.8 Å². The summed E-state index contributed by atoms with van der Waals surface area (Å²) >= 11 is 0. The van der Waals surface area contributed by atoms with Crippen molar-refractivity contribution in [2.45, 2.75) is 13.3 Å². The van der Waals surface area contributed by atoms with Gasteiger partial charge in [0.1, 0.15) is 0 Å². The molecule has 0 saturated carbocycles. The first-order valence-electron chi connectivity index (χ1n) is 5.71. The third-order valence-electron chi connectivity index (χ3n) is 2.08. The number of allylic oxidation sites excluding steroid dienone is 1. The molecule has 0 aliphatic heterocycles. The molecule has 1 rings (SSSR count). The molecule has 1 amide bonds. The van der Waals surface area contributed by atoms with Gasteiger partial charge in [-0.2, -0.15) is 0 Å². The molecule has 0 aliphatic rings. The van der Waals surface area contributed by atoms with Crippen LogP contribution in [0.15, 0.2) is 30.1 Å². The summed E-state index contributed by atoms with van der Waals surface area (Å²) in [5.74, 6) is -0.252. The average molecular weight is 248 g/mol. The Morgan fingerprint density at radius 2 is 2.33 bits per heavy atom. The zero-order chi connectivity index (χ0) is 13.2. The fraction of sp³-hybridized carbons (Fsp3) is 0.308. The van der Waals surface area contributed by atoms with Crippen molar-refractivity contribution in [2.75, 3.05) is 13.2 Å². The highest BCUT2D eigenvalue weighted by atomic mass is 16.5. The highest BCUT2D eigenvalue weighted by Crippen LogP contribution is 1.99. The zero-order valence-electron chi connectivity index (χ0n) is 10.3. The largest absolute Gasteiger partial charge is 0.381 e. The summed E-state index contributed by atoms with van der Waals surface area (Å²) in [6.45, 7) is 2.77. The Hall–Kier alpha value is -2.01. The molecule has 18 heavy (non-hydrogen) atoms. The van der Waals surface area contributed by atoms with E-state index in [2.05, 4.69) is 10.3 Å². The van der Waals surface area contributed by atoms with Crippen molar-refractivity contribution >= 4 is 18.3 Å². The number of carbonyl (C=O) groups is 2. The van der Waals surface area contributed by atoms with E-state index >= 15 is 0 Å². The number of hydrogen-bond donors (Lipinski definition) is 1. The minimum absolute atomic E-state index is 0.190. The van der Waals surface area contributed by atoms with E-state index in [0.29, 0.717) is 25.2 Å². The van der Waals surface area contributed by atoms with Crippen LogP contribution in [0.25, 0.3) is 6.08 Å². The second-order valence-electron chi connectivity index (χ2n) is 3.47. The minimum Gasteiger partial charge on any atom is -0.381 e. The molecule has 96 valence electrons. The van der Waals surface area contributed by atoms with Gasteiger partial charge in [0, 0.05) is 12.8 Å². The molecule has 0 unspecified atom stereocenters. The maximum atomic E-state index is 11.5. The van der Waals surface area contributed by atoms with Crippen molar-refractivity contribution in [1.82, 2.24) is 10.3 Å². The number of hydrogen-bond acceptors (Lipinski definition) is 4. The predicted octanol–water partition coefficient (Wildman–Crippen LogP) is 1.16. The van der Waals surface area contributed by atoms with Crippen LogP contribution in [0.1, 0.15) is 19.0 Å². The van der Waals surface area contributed by atoms with E-state index in [1.807, 2.05) is 6.92 Å². The highest BCUT2D eigenvalue weighted by molar-refractivity contribution is 5.89. The fourth-order valence-corrected chi connectivity index (χ4v) is 1.25. The Kier molecular flexibility index (Phi) is 6.35. The smallest absolute Gasteiger partial charge is 0.226 e. The summed E-state index contributed by atoms with van der Waals surface area (Å²) in [5, 5.41) is 2.51. The van der Waals surface area contributed by atoms with Crippen LogP contribution in [-0.2, 0) is 14.3 Å². The third kappa shape index (κ3) is 5.36. The summed E-state index contributed by atoms with van der Waals surface area (Å²) in [5.41, 5.74) is 0.805. The molecule has 0 saturated heterocycles. The second-order valence-corrected chi connectivity index (χ2v) is 3.47. The van der Waals surface area contributed by atoms with Crippen molar-refractivity contribution in [3.63, 3.8) is 0 Å². The summed E-state index contributed by atoms with van der Waals surface area (Å²) in [6.07, 6.45) is 3.95. The maximum Gasteiger partial charge on any atom is 0.226 e. The Morgan fingerprint density at radius 1 is 1.50 bits per heavy atom. The monoisotopic (exact) mass is 248 g/mol. The van der Waals surface area contributed by atoms with Crippen molar-refractivity contribution in [1.29, 1.82) is 0 Å². The van der Waals surface area contributed by atoms with Gasteiger partial charge in [0.2, 0.25) is 5.91 Å². The van der Waals surface area contributed by atoms with Gasteiger partial charge in [0.25, 0.3) is 0 Å². The normalized spacial score (nSPS) is 11.1. The van der Waals surface area contributed by atoms with E-state index < -0.39 is 0 Å². The summed E-state index contributed by atoms with van der Waals surface area (Å²) in [4.78, 5) is 26.3. The van der Waals surface area contributed by atoms with E-state index in [1.54, 1.807) is 24.4 Å².